The SMILES string of the molecule is Fc1ccc(Br)cc1-n1c(CCl)nc2ccc(Br)cc21. The van der Waals surface area contributed by atoms with Gasteiger partial charge in [-0.2, -0.15) is 0 Å². The second-order valence-corrected chi connectivity index (χ2v) is 6.32. The summed E-state index contributed by atoms with van der Waals surface area (Å²) in [5.74, 6) is 0.494. The van der Waals surface area contributed by atoms with Gasteiger partial charge >= 0.3 is 0 Å². The number of aromatic nitrogens is 2. The lowest BCUT2D eigenvalue weighted by Gasteiger charge is -2.09. The molecule has 0 spiro atoms. The topological polar surface area (TPSA) is 17.8 Å². The zero-order valence-electron chi connectivity index (χ0n) is 10.1. The van der Waals surface area contributed by atoms with E-state index in [0.29, 0.717) is 11.5 Å². The maximum Gasteiger partial charge on any atom is 0.147 e. The van der Waals surface area contributed by atoms with Crippen LogP contribution in [0.4, 0.5) is 4.39 Å². The lowest BCUT2D eigenvalue weighted by molar-refractivity contribution is 0.617. The number of imidazole rings is 1. The molecule has 0 saturated heterocycles. The Morgan fingerprint density at radius 3 is 2.55 bits per heavy atom. The van der Waals surface area contributed by atoms with Gasteiger partial charge < -0.3 is 0 Å². The standard InChI is InChI=1S/C14H8Br2ClFN2/c15-8-1-3-10(18)12(5-8)20-13-6-9(16)2-4-11(13)19-14(20)7-17/h1-6H,7H2. The minimum atomic E-state index is -0.321. The molecule has 0 aliphatic carbocycles. The number of fused-ring (bicyclic) bond motifs is 1. The molecule has 0 amide bonds. The summed E-state index contributed by atoms with van der Waals surface area (Å²) in [6, 6.07) is 10.5. The quantitative estimate of drug-likeness (QED) is 0.508. The molecular formula is C14H8Br2ClFN2. The number of hydrogen-bond donors (Lipinski definition) is 0. The van der Waals surface area contributed by atoms with Gasteiger partial charge in [0, 0.05) is 8.95 Å². The normalized spacial score (nSPS) is 11.2. The molecule has 0 fully saturated rings. The van der Waals surface area contributed by atoms with Crippen molar-refractivity contribution in [1.29, 1.82) is 0 Å². The van der Waals surface area contributed by atoms with Crippen LogP contribution >= 0.6 is 43.5 Å². The molecule has 1 heterocycles. The molecule has 0 N–H and O–H groups in total. The van der Waals surface area contributed by atoms with Crippen molar-refractivity contribution in [2.75, 3.05) is 0 Å². The van der Waals surface area contributed by atoms with E-state index in [4.69, 9.17) is 11.6 Å². The smallest absolute Gasteiger partial charge is 0.147 e. The summed E-state index contributed by atoms with van der Waals surface area (Å²) >= 11 is 12.7. The number of halogens is 4. The third-order valence-corrected chi connectivity index (χ3v) is 4.18. The molecule has 20 heavy (non-hydrogen) atoms. The van der Waals surface area contributed by atoms with E-state index in [2.05, 4.69) is 36.8 Å². The first kappa shape index (κ1) is 14.0. The van der Waals surface area contributed by atoms with Crippen molar-refractivity contribution in [3.05, 3.63) is 57.0 Å². The van der Waals surface area contributed by atoms with Crippen LogP contribution in [0.1, 0.15) is 5.82 Å². The summed E-state index contributed by atoms with van der Waals surface area (Å²) in [7, 11) is 0. The van der Waals surface area contributed by atoms with Crippen LogP contribution in [0.5, 0.6) is 0 Å². The first-order valence-corrected chi connectivity index (χ1v) is 7.90. The third-order valence-electron chi connectivity index (χ3n) is 2.95. The van der Waals surface area contributed by atoms with Crippen molar-refractivity contribution in [3.63, 3.8) is 0 Å². The predicted octanol–water partition coefficient (Wildman–Crippen LogP) is 5.43. The van der Waals surface area contributed by atoms with E-state index in [1.54, 1.807) is 16.7 Å². The van der Waals surface area contributed by atoms with E-state index in [1.807, 2.05) is 18.2 Å². The van der Waals surface area contributed by atoms with Crippen LogP contribution in [0.2, 0.25) is 0 Å². The molecule has 6 heteroatoms. The molecule has 2 nitrogen and oxygen atoms in total. The number of rotatable bonds is 2. The number of nitrogens with zero attached hydrogens (tertiary/aromatic N) is 2. The van der Waals surface area contributed by atoms with Crippen molar-refractivity contribution >= 4 is 54.5 Å². The Kier molecular flexibility index (Phi) is 3.84. The van der Waals surface area contributed by atoms with E-state index in [-0.39, 0.29) is 11.7 Å². The summed E-state index contributed by atoms with van der Waals surface area (Å²) in [6.45, 7) is 0. The van der Waals surface area contributed by atoms with Gasteiger partial charge in [0.2, 0.25) is 0 Å². The minimum Gasteiger partial charge on any atom is -0.292 e. The van der Waals surface area contributed by atoms with E-state index in [1.165, 1.54) is 6.07 Å². The van der Waals surface area contributed by atoms with Gasteiger partial charge in [0.25, 0.3) is 0 Å². The lowest BCUT2D eigenvalue weighted by atomic mass is 10.2. The summed E-state index contributed by atoms with van der Waals surface area (Å²) in [6.07, 6.45) is 0. The predicted molar refractivity (Wildman–Crippen MR) is 86.0 cm³/mol. The van der Waals surface area contributed by atoms with Crippen molar-refractivity contribution in [1.82, 2.24) is 9.55 Å². The highest BCUT2D eigenvalue weighted by Gasteiger charge is 2.15. The second kappa shape index (κ2) is 5.47. The Morgan fingerprint density at radius 1 is 1.10 bits per heavy atom. The molecule has 0 aliphatic rings. The fourth-order valence-corrected chi connectivity index (χ4v) is 2.99. The lowest BCUT2D eigenvalue weighted by Crippen LogP contribution is -2.02. The third kappa shape index (κ3) is 2.38. The second-order valence-electron chi connectivity index (χ2n) is 4.23. The maximum atomic E-state index is 14.2. The van der Waals surface area contributed by atoms with E-state index < -0.39 is 0 Å². The number of hydrogen-bond acceptors (Lipinski definition) is 1. The first-order valence-electron chi connectivity index (χ1n) is 5.78. The van der Waals surface area contributed by atoms with Crippen molar-refractivity contribution < 1.29 is 4.39 Å². The van der Waals surface area contributed by atoms with Gasteiger partial charge in [-0.25, -0.2) is 9.37 Å². The van der Waals surface area contributed by atoms with Gasteiger partial charge in [-0.1, -0.05) is 31.9 Å². The van der Waals surface area contributed by atoms with Gasteiger partial charge in [-0.05, 0) is 36.4 Å². The molecule has 0 bridgehead atoms. The Balaban J connectivity index is 2.39. The zero-order valence-corrected chi connectivity index (χ0v) is 14.0. The molecule has 0 aliphatic heterocycles. The number of benzene rings is 2. The highest BCUT2D eigenvalue weighted by Crippen LogP contribution is 2.28. The monoisotopic (exact) mass is 416 g/mol. The van der Waals surface area contributed by atoms with Gasteiger partial charge in [-0.3, -0.25) is 4.57 Å². The largest absolute Gasteiger partial charge is 0.292 e. The fourth-order valence-electron chi connectivity index (χ4n) is 2.11. The van der Waals surface area contributed by atoms with Crippen LogP contribution in [0, 0.1) is 5.82 Å². The van der Waals surface area contributed by atoms with Gasteiger partial charge in [-0.15, -0.1) is 11.6 Å². The van der Waals surface area contributed by atoms with Crippen LogP contribution in [-0.4, -0.2) is 9.55 Å². The summed E-state index contributed by atoms with van der Waals surface area (Å²) in [5.41, 5.74) is 2.02. The molecule has 0 atom stereocenters. The van der Waals surface area contributed by atoms with E-state index in [9.17, 15) is 4.39 Å². The summed E-state index contributed by atoms with van der Waals surface area (Å²) < 4.78 is 17.6. The molecule has 2 aromatic carbocycles. The van der Waals surface area contributed by atoms with Crippen LogP contribution in [0.3, 0.4) is 0 Å². The van der Waals surface area contributed by atoms with Crippen LogP contribution in [0.15, 0.2) is 45.3 Å². The van der Waals surface area contributed by atoms with Crippen LogP contribution in [0.25, 0.3) is 16.7 Å². The highest BCUT2D eigenvalue weighted by molar-refractivity contribution is 9.10. The molecule has 0 unspecified atom stereocenters. The Morgan fingerprint density at radius 2 is 1.80 bits per heavy atom. The fraction of sp³-hybridized carbons (Fsp3) is 0.0714. The first-order chi connectivity index (χ1) is 9.60. The highest BCUT2D eigenvalue weighted by atomic mass is 79.9. The van der Waals surface area contributed by atoms with Crippen molar-refractivity contribution in [2.45, 2.75) is 5.88 Å². The van der Waals surface area contributed by atoms with Crippen LogP contribution in [-0.2, 0) is 5.88 Å². The van der Waals surface area contributed by atoms with E-state index >= 15 is 0 Å². The maximum absolute atomic E-state index is 14.2. The average Bonchev–Trinajstić information content (AvgIpc) is 2.79. The molecule has 0 radical (unpaired) electrons. The van der Waals surface area contributed by atoms with Gasteiger partial charge in [0.05, 0.1) is 22.6 Å². The van der Waals surface area contributed by atoms with Crippen LogP contribution < -0.4 is 0 Å². The average molecular weight is 418 g/mol. The van der Waals surface area contributed by atoms with Gasteiger partial charge in [0.1, 0.15) is 11.6 Å². The Hall–Kier alpha value is -0.910. The molecule has 3 aromatic rings. The van der Waals surface area contributed by atoms with Crippen molar-refractivity contribution in [2.24, 2.45) is 0 Å². The molecular weight excluding hydrogens is 410 g/mol. The molecule has 102 valence electrons. The Bertz CT molecular complexity index is 801. The van der Waals surface area contributed by atoms with Gasteiger partial charge in [0.15, 0.2) is 0 Å². The van der Waals surface area contributed by atoms with E-state index in [0.717, 1.165) is 20.0 Å². The summed E-state index contributed by atoms with van der Waals surface area (Å²) in [4.78, 5) is 4.45. The molecule has 0 saturated carbocycles. The number of alkyl halides is 1. The van der Waals surface area contributed by atoms with Crippen molar-refractivity contribution in [3.8, 4) is 5.69 Å². The minimum absolute atomic E-state index is 0.207. The zero-order chi connectivity index (χ0) is 14.3. The Labute approximate surface area is 136 Å². The summed E-state index contributed by atoms with van der Waals surface area (Å²) in [5, 5.41) is 0. The molecule has 3 rings (SSSR count). The molecule has 1 aromatic heterocycles.